The van der Waals surface area contributed by atoms with E-state index in [2.05, 4.69) is 15.9 Å². The molecule has 3 rings (SSSR count). The second-order valence-corrected chi connectivity index (χ2v) is 6.90. The van der Waals surface area contributed by atoms with E-state index in [-0.39, 0.29) is 11.7 Å². The number of hydrogen-bond acceptors (Lipinski definition) is 2. The highest BCUT2D eigenvalue weighted by molar-refractivity contribution is 9.10. The molecule has 0 amide bonds. The summed E-state index contributed by atoms with van der Waals surface area (Å²) in [5.74, 6) is 0.341. The van der Waals surface area contributed by atoms with Crippen LogP contribution in [-0.4, -0.2) is 17.3 Å². The third kappa shape index (κ3) is 2.88. The van der Waals surface area contributed by atoms with Crippen molar-refractivity contribution in [2.75, 3.05) is 6.61 Å². The van der Waals surface area contributed by atoms with Crippen LogP contribution < -0.4 is 0 Å². The van der Waals surface area contributed by atoms with Gasteiger partial charge in [0.05, 0.1) is 11.7 Å². The summed E-state index contributed by atoms with van der Waals surface area (Å²) in [6, 6.07) is 8.05. The van der Waals surface area contributed by atoms with E-state index in [1.54, 1.807) is 0 Å². The molecule has 0 bridgehead atoms. The van der Waals surface area contributed by atoms with Gasteiger partial charge in [-0.1, -0.05) is 40.9 Å². The first-order valence-corrected chi connectivity index (χ1v) is 8.05. The van der Waals surface area contributed by atoms with Gasteiger partial charge in [-0.25, -0.2) is 0 Å². The number of halogens is 1. The maximum atomic E-state index is 10.6. The highest BCUT2D eigenvalue weighted by atomic mass is 79.9. The van der Waals surface area contributed by atoms with Gasteiger partial charge < -0.3 is 9.84 Å². The molecule has 2 fully saturated rings. The zero-order valence-corrected chi connectivity index (χ0v) is 12.7. The van der Waals surface area contributed by atoms with Crippen molar-refractivity contribution in [2.45, 2.75) is 50.2 Å². The fraction of sp³-hybridized carbons (Fsp3) is 0.625. The molecule has 3 heteroatoms. The van der Waals surface area contributed by atoms with Crippen LogP contribution >= 0.6 is 15.9 Å². The second kappa shape index (κ2) is 5.55. The van der Waals surface area contributed by atoms with E-state index in [1.165, 1.54) is 25.7 Å². The fourth-order valence-electron chi connectivity index (χ4n) is 3.64. The first-order valence-electron chi connectivity index (χ1n) is 7.26. The van der Waals surface area contributed by atoms with Crippen molar-refractivity contribution >= 4 is 15.9 Å². The second-order valence-electron chi connectivity index (χ2n) is 5.99. The highest BCUT2D eigenvalue weighted by Crippen LogP contribution is 2.45. The fourth-order valence-corrected chi connectivity index (χ4v) is 3.90. The van der Waals surface area contributed by atoms with Crippen molar-refractivity contribution in [3.8, 4) is 0 Å². The van der Waals surface area contributed by atoms with Crippen LogP contribution in [0.25, 0.3) is 0 Å². The van der Waals surface area contributed by atoms with Crippen LogP contribution in [0.1, 0.15) is 50.2 Å². The van der Waals surface area contributed by atoms with E-state index in [1.807, 2.05) is 24.3 Å². The monoisotopic (exact) mass is 324 g/mol. The minimum Gasteiger partial charge on any atom is -0.388 e. The predicted molar refractivity (Wildman–Crippen MR) is 79.0 cm³/mol. The van der Waals surface area contributed by atoms with Crippen LogP contribution in [0.5, 0.6) is 0 Å². The summed E-state index contributed by atoms with van der Waals surface area (Å²) in [6.07, 6.45) is 6.55. The Labute approximate surface area is 123 Å². The minimum absolute atomic E-state index is 0.0826. The van der Waals surface area contributed by atoms with Crippen molar-refractivity contribution in [2.24, 2.45) is 5.92 Å². The third-order valence-corrected chi connectivity index (χ3v) is 5.23. The van der Waals surface area contributed by atoms with Crippen molar-refractivity contribution in [3.63, 3.8) is 0 Å². The average Bonchev–Trinajstić information content (AvgIpc) is 2.87. The molecule has 19 heavy (non-hydrogen) atoms. The van der Waals surface area contributed by atoms with Gasteiger partial charge in [-0.15, -0.1) is 0 Å². The van der Waals surface area contributed by atoms with E-state index in [0.717, 1.165) is 29.5 Å². The normalized spacial score (nSPS) is 27.6. The average molecular weight is 325 g/mol. The minimum atomic E-state index is -0.352. The number of benzene rings is 1. The van der Waals surface area contributed by atoms with E-state index in [0.29, 0.717) is 5.92 Å². The first-order chi connectivity index (χ1) is 9.19. The Kier molecular flexibility index (Phi) is 3.97. The number of ether oxygens (including phenoxy) is 1. The molecule has 1 N–H and O–H groups in total. The van der Waals surface area contributed by atoms with E-state index in [4.69, 9.17) is 4.74 Å². The molecule has 0 radical (unpaired) electrons. The molecule has 2 unspecified atom stereocenters. The maximum Gasteiger partial charge on any atom is 0.0820 e. The molecule has 2 nitrogen and oxygen atoms in total. The molecule has 1 aliphatic carbocycles. The van der Waals surface area contributed by atoms with E-state index in [9.17, 15) is 5.11 Å². The lowest BCUT2D eigenvalue weighted by Crippen LogP contribution is -2.39. The molecule has 1 spiro atoms. The van der Waals surface area contributed by atoms with Crippen molar-refractivity contribution < 1.29 is 9.84 Å². The highest BCUT2D eigenvalue weighted by Gasteiger charge is 2.41. The number of aliphatic hydroxyl groups is 1. The molecular formula is C16H21BrO2. The Balaban J connectivity index is 1.72. The summed E-state index contributed by atoms with van der Waals surface area (Å²) in [5, 5.41) is 10.6. The Morgan fingerprint density at radius 2 is 1.89 bits per heavy atom. The number of hydrogen-bond donors (Lipinski definition) is 1. The number of rotatable bonds is 2. The van der Waals surface area contributed by atoms with Crippen LogP contribution in [-0.2, 0) is 4.74 Å². The van der Waals surface area contributed by atoms with Gasteiger partial charge in [0.25, 0.3) is 0 Å². The molecule has 1 aromatic carbocycles. The van der Waals surface area contributed by atoms with Crippen LogP contribution in [0.3, 0.4) is 0 Å². The lowest BCUT2D eigenvalue weighted by molar-refractivity contribution is -0.113. The Hall–Kier alpha value is -0.380. The maximum absolute atomic E-state index is 10.6. The summed E-state index contributed by atoms with van der Waals surface area (Å²) in [4.78, 5) is 0. The van der Waals surface area contributed by atoms with Gasteiger partial charge in [0, 0.05) is 11.1 Å². The number of aliphatic hydroxyl groups excluding tert-OH is 1. The molecular weight excluding hydrogens is 304 g/mol. The van der Waals surface area contributed by atoms with Gasteiger partial charge in [-0.3, -0.25) is 0 Å². The molecule has 2 aliphatic rings. The van der Waals surface area contributed by atoms with Gasteiger partial charge in [0.1, 0.15) is 0 Å². The largest absolute Gasteiger partial charge is 0.388 e. The lowest BCUT2D eigenvalue weighted by atomic mass is 9.80. The summed E-state index contributed by atoms with van der Waals surface area (Å²) < 4.78 is 7.10. The summed E-state index contributed by atoms with van der Waals surface area (Å²) in [6.45, 7) is 0.804. The topological polar surface area (TPSA) is 29.5 Å². The summed E-state index contributed by atoms with van der Waals surface area (Å²) >= 11 is 3.44. The SMILES string of the molecule is OC(c1ccc(Br)cc1)C1CCOC2(CCCC2)C1. The molecule has 104 valence electrons. The molecule has 1 saturated heterocycles. The summed E-state index contributed by atoms with van der Waals surface area (Å²) in [5.41, 5.74) is 1.11. The standard InChI is InChI=1S/C16H21BrO2/c17-14-5-3-12(4-6-14)15(18)13-7-10-19-16(11-13)8-1-2-9-16/h3-6,13,15,18H,1-2,7-11H2. The van der Waals surface area contributed by atoms with E-state index >= 15 is 0 Å². The third-order valence-electron chi connectivity index (χ3n) is 4.70. The Bertz CT molecular complexity index is 423. The van der Waals surface area contributed by atoms with Crippen LogP contribution in [0.2, 0.25) is 0 Å². The van der Waals surface area contributed by atoms with Gasteiger partial charge in [0.15, 0.2) is 0 Å². The molecule has 1 aliphatic heterocycles. The van der Waals surface area contributed by atoms with Gasteiger partial charge in [0.2, 0.25) is 0 Å². The van der Waals surface area contributed by atoms with Crippen LogP contribution in [0.4, 0.5) is 0 Å². The van der Waals surface area contributed by atoms with Crippen molar-refractivity contribution in [3.05, 3.63) is 34.3 Å². The molecule has 1 heterocycles. The molecule has 2 atom stereocenters. The van der Waals surface area contributed by atoms with Crippen molar-refractivity contribution in [1.29, 1.82) is 0 Å². The Morgan fingerprint density at radius 1 is 1.21 bits per heavy atom. The molecule has 1 aromatic rings. The summed E-state index contributed by atoms with van der Waals surface area (Å²) in [7, 11) is 0. The van der Waals surface area contributed by atoms with Gasteiger partial charge >= 0.3 is 0 Å². The first kappa shape index (κ1) is 13.6. The zero-order valence-electron chi connectivity index (χ0n) is 11.1. The Morgan fingerprint density at radius 3 is 2.58 bits per heavy atom. The smallest absolute Gasteiger partial charge is 0.0820 e. The van der Waals surface area contributed by atoms with Crippen molar-refractivity contribution in [1.82, 2.24) is 0 Å². The van der Waals surface area contributed by atoms with Crippen LogP contribution in [0, 0.1) is 5.92 Å². The van der Waals surface area contributed by atoms with Crippen LogP contribution in [0.15, 0.2) is 28.7 Å². The predicted octanol–water partition coefficient (Wildman–Crippen LogP) is 4.22. The lowest BCUT2D eigenvalue weighted by Gasteiger charge is -2.40. The molecule has 1 saturated carbocycles. The van der Waals surface area contributed by atoms with Gasteiger partial charge in [-0.2, -0.15) is 0 Å². The zero-order chi connectivity index (χ0) is 13.3. The van der Waals surface area contributed by atoms with E-state index < -0.39 is 0 Å². The quantitative estimate of drug-likeness (QED) is 0.882. The molecule has 0 aromatic heterocycles. The van der Waals surface area contributed by atoms with Gasteiger partial charge in [-0.05, 0) is 49.3 Å².